The predicted octanol–water partition coefficient (Wildman–Crippen LogP) is 2.75. The third kappa shape index (κ3) is 5.41. The van der Waals surface area contributed by atoms with Crippen LogP contribution in [0.2, 0.25) is 0 Å². The highest BCUT2D eigenvalue weighted by Gasteiger charge is 2.48. The maximum absolute atomic E-state index is 12.4. The Kier molecular flexibility index (Phi) is 6.21. The number of amides is 2. The van der Waals surface area contributed by atoms with Crippen molar-refractivity contribution in [3.63, 3.8) is 0 Å². The zero-order valence-corrected chi connectivity index (χ0v) is 13.6. The number of nitrogens with one attached hydrogen (secondary N) is 2. The molecule has 2 rings (SSSR count). The number of hydrogen-bond donors (Lipinski definition) is 3. The molecule has 1 fully saturated rings. The summed E-state index contributed by atoms with van der Waals surface area (Å²) >= 11 is 0. The van der Waals surface area contributed by atoms with Crippen molar-refractivity contribution < 1.29 is 36.6 Å². The van der Waals surface area contributed by atoms with E-state index in [1.807, 2.05) is 0 Å². The van der Waals surface area contributed by atoms with Crippen molar-refractivity contribution in [2.45, 2.75) is 50.7 Å². The van der Waals surface area contributed by atoms with Gasteiger partial charge in [-0.3, -0.25) is 0 Å². The summed E-state index contributed by atoms with van der Waals surface area (Å²) in [6.45, 7) is -1.72. The van der Waals surface area contributed by atoms with Crippen molar-refractivity contribution >= 4 is 6.03 Å². The summed E-state index contributed by atoms with van der Waals surface area (Å²) in [4.78, 5) is 15.6. The maximum Gasteiger partial charge on any atom is 0.391 e. The summed E-state index contributed by atoms with van der Waals surface area (Å²) in [5, 5.41) is 14.6. The number of aromatic nitrogens is 1. The molecule has 0 bridgehead atoms. The van der Waals surface area contributed by atoms with Crippen molar-refractivity contribution in [1.82, 2.24) is 15.6 Å². The number of aliphatic hydroxyl groups excluding tert-OH is 1. The Morgan fingerprint density at radius 2 is 2.04 bits per heavy atom. The maximum atomic E-state index is 12.4. The van der Waals surface area contributed by atoms with Crippen molar-refractivity contribution in [2.75, 3.05) is 0 Å². The van der Waals surface area contributed by atoms with Gasteiger partial charge in [0.25, 0.3) is 0 Å². The predicted molar refractivity (Wildman–Crippen MR) is 79.5 cm³/mol. The van der Waals surface area contributed by atoms with Gasteiger partial charge >= 0.3 is 18.8 Å². The Balaban J connectivity index is 1.95. The second-order valence-electron chi connectivity index (χ2n) is 6.05. The highest BCUT2D eigenvalue weighted by molar-refractivity contribution is 5.75. The van der Waals surface area contributed by atoms with Crippen LogP contribution in [0.15, 0.2) is 18.3 Å². The summed E-state index contributed by atoms with van der Waals surface area (Å²) < 4.78 is 66.0. The molecule has 1 aliphatic carbocycles. The fourth-order valence-electron chi connectivity index (χ4n) is 2.63. The van der Waals surface area contributed by atoms with Crippen LogP contribution in [0.1, 0.15) is 31.4 Å². The molecule has 0 aromatic carbocycles. The molecule has 11 heteroatoms. The van der Waals surface area contributed by atoms with Crippen molar-refractivity contribution in [3.05, 3.63) is 23.9 Å². The molecule has 2 amide bonds. The Labute approximate surface area is 145 Å². The fourth-order valence-corrected chi connectivity index (χ4v) is 2.63. The lowest BCUT2D eigenvalue weighted by atomic mass is 9.80. The van der Waals surface area contributed by atoms with E-state index in [0.717, 1.165) is 6.07 Å². The van der Waals surface area contributed by atoms with Gasteiger partial charge < -0.3 is 20.5 Å². The summed E-state index contributed by atoms with van der Waals surface area (Å²) in [6, 6.07) is 0.143. The first-order valence-corrected chi connectivity index (χ1v) is 7.79. The molecule has 6 nitrogen and oxygen atoms in total. The quantitative estimate of drug-likeness (QED) is 0.660. The van der Waals surface area contributed by atoms with E-state index in [2.05, 4.69) is 20.4 Å². The van der Waals surface area contributed by atoms with E-state index in [4.69, 9.17) is 0 Å². The number of carbonyl (C=O) groups excluding carboxylic acids is 1. The SMILES string of the molecule is C[C@H](O)C(NC(=O)N[C@H]1C[C@H](C(F)(F)F)C1)c1ccnc(OC(F)F)c1. The summed E-state index contributed by atoms with van der Waals surface area (Å²) in [5.41, 5.74) is 0.252. The second-order valence-corrected chi connectivity index (χ2v) is 6.05. The lowest BCUT2D eigenvalue weighted by Gasteiger charge is -2.37. The molecule has 146 valence electrons. The van der Waals surface area contributed by atoms with E-state index >= 15 is 0 Å². The number of halogens is 5. The van der Waals surface area contributed by atoms with E-state index < -0.39 is 48.8 Å². The average Bonchev–Trinajstić information content (AvgIpc) is 2.46. The van der Waals surface area contributed by atoms with E-state index in [9.17, 15) is 31.9 Å². The molecule has 0 aliphatic heterocycles. The topological polar surface area (TPSA) is 83.5 Å². The molecule has 0 saturated heterocycles. The van der Waals surface area contributed by atoms with Gasteiger partial charge in [0, 0.05) is 18.3 Å². The monoisotopic (exact) mass is 383 g/mol. The number of ether oxygens (including phenoxy) is 1. The number of nitrogens with zero attached hydrogens (tertiary/aromatic N) is 1. The minimum atomic E-state index is -4.28. The number of rotatable bonds is 6. The lowest BCUT2D eigenvalue weighted by molar-refractivity contribution is -0.198. The molecular formula is C15H18F5N3O3. The first-order valence-electron chi connectivity index (χ1n) is 7.79. The lowest BCUT2D eigenvalue weighted by Crippen LogP contribution is -2.52. The van der Waals surface area contributed by atoms with Gasteiger partial charge in [-0.25, -0.2) is 9.78 Å². The molecular weight excluding hydrogens is 365 g/mol. The molecule has 1 saturated carbocycles. The number of aliphatic hydroxyl groups is 1. The van der Waals surface area contributed by atoms with Gasteiger partial charge in [0.15, 0.2) is 0 Å². The Bertz CT molecular complexity index is 621. The normalized spacial score (nSPS) is 22.3. The number of pyridine rings is 1. The molecule has 2 atom stereocenters. The zero-order chi connectivity index (χ0) is 19.5. The van der Waals surface area contributed by atoms with Crippen LogP contribution in [0, 0.1) is 5.92 Å². The number of hydrogen-bond acceptors (Lipinski definition) is 4. The molecule has 1 aromatic rings. The van der Waals surface area contributed by atoms with Crippen LogP contribution < -0.4 is 15.4 Å². The van der Waals surface area contributed by atoms with Crippen molar-refractivity contribution in [3.8, 4) is 5.88 Å². The van der Waals surface area contributed by atoms with Gasteiger partial charge in [-0.05, 0) is 31.4 Å². The molecule has 0 spiro atoms. The summed E-state index contributed by atoms with van der Waals surface area (Å²) in [5.74, 6) is -1.83. The molecule has 1 unspecified atom stereocenters. The fraction of sp³-hybridized carbons (Fsp3) is 0.600. The number of carbonyl (C=O) groups is 1. The Hall–Kier alpha value is -2.17. The van der Waals surface area contributed by atoms with Gasteiger partial charge in [0.05, 0.1) is 18.1 Å². The van der Waals surface area contributed by atoms with Crippen LogP contribution in [-0.4, -0.2) is 41.1 Å². The Morgan fingerprint density at radius 1 is 1.38 bits per heavy atom. The van der Waals surface area contributed by atoms with E-state index in [-0.39, 0.29) is 18.4 Å². The largest absolute Gasteiger partial charge is 0.417 e. The summed E-state index contributed by atoms with van der Waals surface area (Å²) in [6.07, 6.45) is -4.64. The highest BCUT2D eigenvalue weighted by Crippen LogP contribution is 2.40. The third-order valence-electron chi connectivity index (χ3n) is 4.03. The first-order chi connectivity index (χ1) is 12.1. The molecule has 3 N–H and O–H groups in total. The van der Waals surface area contributed by atoms with Crippen LogP contribution in [0.3, 0.4) is 0 Å². The van der Waals surface area contributed by atoms with E-state index in [1.165, 1.54) is 19.2 Å². The van der Waals surface area contributed by atoms with Gasteiger partial charge in [-0.1, -0.05) is 0 Å². The second kappa shape index (κ2) is 8.02. The minimum Gasteiger partial charge on any atom is -0.417 e. The highest BCUT2D eigenvalue weighted by atomic mass is 19.4. The molecule has 0 radical (unpaired) electrons. The van der Waals surface area contributed by atoms with E-state index in [0.29, 0.717) is 0 Å². The van der Waals surface area contributed by atoms with Gasteiger partial charge in [0.1, 0.15) is 0 Å². The van der Waals surface area contributed by atoms with Crippen LogP contribution in [0.25, 0.3) is 0 Å². The number of alkyl halides is 5. The van der Waals surface area contributed by atoms with Crippen LogP contribution in [0.4, 0.5) is 26.7 Å². The first kappa shape index (κ1) is 20.1. The molecule has 1 aliphatic rings. The smallest absolute Gasteiger partial charge is 0.391 e. The van der Waals surface area contributed by atoms with Gasteiger partial charge in [-0.15, -0.1) is 0 Å². The standard InChI is InChI=1S/C15H18F5N3O3/c1-7(24)12(8-2-3-21-11(4-8)26-13(16)17)23-14(25)22-10-5-9(6-10)15(18,19)20/h2-4,7,9-10,12-13,24H,5-6H2,1H3,(H2,22,23,25)/t7-,9-,10-,12?/m0/s1. The van der Waals surface area contributed by atoms with Crippen molar-refractivity contribution in [1.29, 1.82) is 0 Å². The summed E-state index contributed by atoms with van der Waals surface area (Å²) in [7, 11) is 0. The Morgan fingerprint density at radius 3 is 2.58 bits per heavy atom. The van der Waals surface area contributed by atoms with E-state index in [1.54, 1.807) is 0 Å². The van der Waals surface area contributed by atoms with Gasteiger partial charge in [0.2, 0.25) is 5.88 Å². The molecule has 26 heavy (non-hydrogen) atoms. The van der Waals surface area contributed by atoms with Crippen LogP contribution in [0.5, 0.6) is 5.88 Å². The molecule has 1 aromatic heterocycles. The zero-order valence-electron chi connectivity index (χ0n) is 13.6. The van der Waals surface area contributed by atoms with Gasteiger partial charge in [-0.2, -0.15) is 22.0 Å². The average molecular weight is 383 g/mol. The van der Waals surface area contributed by atoms with Crippen LogP contribution >= 0.6 is 0 Å². The third-order valence-corrected chi connectivity index (χ3v) is 4.03. The van der Waals surface area contributed by atoms with Crippen LogP contribution in [-0.2, 0) is 0 Å². The van der Waals surface area contributed by atoms with Crippen molar-refractivity contribution in [2.24, 2.45) is 5.92 Å². The molecule has 1 heterocycles. The number of urea groups is 1. The minimum absolute atomic E-state index is 0.210.